The van der Waals surface area contributed by atoms with Gasteiger partial charge in [0.05, 0.1) is 6.54 Å². The van der Waals surface area contributed by atoms with Crippen molar-refractivity contribution in [3.05, 3.63) is 56.7 Å². The summed E-state index contributed by atoms with van der Waals surface area (Å²) in [6.45, 7) is 6.02. The zero-order valence-corrected chi connectivity index (χ0v) is 15.1. The molecule has 0 atom stereocenters. The molecule has 2 aromatic heterocycles. The van der Waals surface area contributed by atoms with Crippen LogP contribution in [-0.4, -0.2) is 31.8 Å². The summed E-state index contributed by atoms with van der Waals surface area (Å²) in [5.41, 5.74) is 1.17. The predicted molar refractivity (Wildman–Crippen MR) is 99.3 cm³/mol. The number of hydrogen-bond donors (Lipinski definition) is 0. The van der Waals surface area contributed by atoms with Gasteiger partial charge < -0.3 is 4.90 Å². The third-order valence-electron chi connectivity index (χ3n) is 4.55. The lowest BCUT2D eigenvalue weighted by atomic mass is 10.2. The minimum absolute atomic E-state index is 0.322. The van der Waals surface area contributed by atoms with Gasteiger partial charge in [0, 0.05) is 27.2 Å². The Kier molecular flexibility index (Phi) is 4.48. The van der Waals surface area contributed by atoms with Crippen LogP contribution in [0.2, 0.25) is 0 Å². The van der Waals surface area contributed by atoms with Gasteiger partial charge in [-0.1, -0.05) is 30.3 Å². The van der Waals surface area contributed by atoms with E-state index in [1.807, 2.05) is 55.8 Å². The van der Waals surface area contributed by atoms with Crippen LogP contribution in [0.5, 0.6) is 0 Å². The number of aromatic nitrogens is 4. The second-order valence-electron chi connectivity index (χ2n) is 6.03. The maximum Gasteiger partial charge on any atom is 0.332 e. The van der Waals surface area contributed by atoms with E-state index in [-0.39, 0.29) is 11.2 Å². The molecule has 0 saturated carbocycles. The maximum absolute atomic E-state index is 12.7. The highest BCUT2D eigenvalue weighted by molar-refractivity contribution is 5.74. The number of anilines is 1. The number of fused-ring (bicyclic) bond motifs is 1. The van der Waals surface area contributed by atoms with E-state index >= 15 is 0 Å². The topological polar surface area (TPSA) is 65.1 Å². The molecular formula is C18H23N5O2. The molecule has 3 aromatic rings. The number of imidazole rings is 1. The van der Waals surface area contributed by atoms with Gasteiger partial charge in [-0.25, -0.2) is 9.78 Å². The molecule has 0 spiro atoms. The molecule has 0 aliphatic heterocycles. The molecule has 0 amide bonds. The summed E-state index contributed by atoms with van der Waals surface area (Å²) in [6, 6.07) is 9.73. The Hall–Kier alpha value is -2.83. The molecule has 0 bridgehead atoms. The van der Waals surface area contributed by atoms with E-state index < -0.39 is 0 Å². The van der Waals surface area contributed by atoms with Gasteiger partial charge in [0.2, 0.25) is 5.95 Å². The Bertz CT molecular complexity index is 1010. The summed E-state index contributed by atoms with van der Waals surface area (Å²) >= 11 is 0. The van der Waals surface area contributed by atoms with Crippen LogP contribution < -0.4 is 16.1 Å². The first-order valence-corrected chi connectivity index (χ1v) is 8.44. The fraction of sp³-hybridized carbons (Fsp3) is 0.389. The van der Waals surface area contributed by atoms with Crippen molar-refractivity contribution in [2.75, 3.05) is 18.0 Å². The third kappa shape index (κ3) is 2.75. The third-order valence-corrected chi connectivity index (χ3v) is 4.55. The fourth-order valence-electron chi connectivity index (χ4n) is 3.15. The molecule has 0 radical (unpaired) electrons. The standard InChI is InChI=1S/C18H23N5O2/c1-5-22(6-2)17-19-14-15(20(17)3)23(18(25)21(4)16(14)24)12-13-10-8-7-9-11-13/h7-11H,5-6,12H2,1-4H3. The van der Waals surface area contributed by atoms with Gasteiger partial charge in [0.15, 0.2) is 11.2 Å². The summed E-state index contributed by atoms with van der Waals surface area (Å²) in [5.74, 6) is 0.699. The molecular weight excluding hydrogens is 318 g/mol. The molecule has 1 aromatic carbocycles. The van der Waals surface area contributed by atoms with Crippen LogP contribution >= 0.6 is 0 Å². The monoisotopic (exact) mass is 341 g/mol. The van der Waals surface area contributed by atoms with Crippen molar-refractivity contribution >= 4 is 17.1 Å². The van der Waals surface area contributed by atoms with Gasteiger partial charge >= 0.3 is 5.69 Å². The summed E-state index contributed by atoms with van der Waals surface area (Å²) in [5, 5.41) is 0. The van der Waals surface area contributed by atoms with Crippen molar-refractivity contribution in [3.8, 4) is 0 Å². The van der Waals surface area contributed by atoms with E-state index in [1.165, 1.54) is 7.05 Å². The molecule has 0 fully saturated rings. The first-order valence-electron chi connectivity index (χ1n) is 8.44. The van der Waals surface area contributed by atoms with Crippen molar-refractivity contribution in [2.45, 2.75) is 20.4 Å². The second kappa shape index (κ2) is 6.58. The molecule has 0 aliphatic rings. The molecule has 0 saturated heterocycles. The molecule has 2 heterocycles. The smallest absolute Gasteiger partial charge is 0.332 e. The van der Waals surface area contributed by atoms with Gasteiger partial charge in [-0.05, 0) is 19.4 Å². The van der Waals surface area contributed by atoms with Gasteiger partial charge in [-0.3, -0.25) is 18.5 Å². The molecule has 0 aliphatic carbocycles. The average molecular weight is 341 g/mol. The van der Waals surface area contributed by atoms with Gasteiger partial charge in [-0.15, -0.1) is 0 Å². The molecule has 0 unspecified atom stereocenters. The lowest BCUT2D eigenvalue weighted by Gasteiger charge is -2.19. The van der Waals surface area contributed by atoms with E-state index in [9.17, 15) is 9.59 Å². The van der Waals surface area contributed by atoms with Crippen molar-refractivity contribution in [3.63, 3.8) is 0 Å². The van der Waals surface area contributed by atoms with Crippen LogP contribution in [-0.2, 0) is 20.6 Å². The highest BCUT2D eigenvalue weighted by Crippen LogP contribution is 2.18. The molecule has 7 nitrogen and oxygen atoms in total. The summed E-state index contributed by atoms with van der Waals surface area (Å²) in [6.07, 6.45) is 0. The largest absolute Gasteiger partial charge is 0.343 e. The number of benzene rings is 1. The highest BCUT2D eigenvalue weighted by Gasteiger charge is 2.20. The van der Waals surface area contributed by atoms with E-state index in [0.29, 0.717) is 23.7 Å². The number of aryl methyl sites for hydroxylation is 1. The summed E-state index contributed by atoms with van der Waals surface area (Å²) in [7, 11) is 3.35. The summed E-state index contributed by atoms with van der Waals surface area (Å²) < 4.78 is 4.59. The molecule has 132 valence electrons. The van der Waals surface area contributed by atoms with Crippen molar-refractivity contribution in [2.24, 2.45) is 14.1 Å². The van der Waals surface area contributed by atoms with E-state index in [4.69, 9.17) is 0 Å². The first kappa shape index (κ1) is 17.0. The Morgan fingerprint density at radius 2 is 1.64 bits per heavy atom. The molecule has 0 N–H and O–H groups in total. The van der Waals surface area contributed by atoms with Crippen molar-refractivity contribution in [1.82, 2.24) is 18.7 Å². The van der Waals surface area contributed by atoms with Gasteiger partial charge in [0.1, 0.15) is 0 Å². The zero-order valence-electron chi connectivity index (χ0n) is 15.1. The lowest BCUT2D eigenvalue weighted by molar-refractivity contribution is 0.657. The van der Waals surface area contributed by atoms with Gasteiger partial charge in [0.25, 0.3) is 5.56 Å². The number of rotatable bonds is 5. The second-order valence-corrected chi connectivity index (χ2v) is 6.03. The minimum Gasteiger partial charge on any atom is -0.343 e. The maximum atomic E-state index is 12.7. The Labute approximate surface area is 145 Å². The van der Waals surface area contributed by atoms with Crippen LogP contribution in [0.15, 0.2) is 39.9 Å². The average Bonchev–Trinajstić information content (AvgIpc) is 2.96. The molecule has 3 rings (SSSR count). The number of hydrogen-bond acceptors (Lipinski definition) is 4. The van der Waals surface area contributed by atoms with Crippen LogP contribution in [0.3, 0.4) is 0 Å². The first-order chi connectivity index (χ1) is 12.0. The highest BCUT2D eigenvalue weighted by atomic mass is 16.2. The normalized spacial score (nSPS) is 11.2. The zero-order chi connectivity index (χ0) is 18.1. The SMILES string of the molecule is CCN(CC)c1nc2c(=O)n(C)c(=O)n(Cc3ccccc3)c2n1C. The van der Waals surface area contributed by atoms with Crippen LogP contribution in [0.25, 0.3) is 11.2 Å². The van der Waals surface area contributed by atoms with Crippen LogP contribution in [0.1, 0.15) is 19.4 Å². The lowest BCUT2D eigenvalue weighted by Crippen LogP contribution is -2.38. The molecule has 7 heteroatoms. The van der Waals surface area contributed by atoms with Crippen LogP contribution in [0.4, 0.5) is 5.95 Å². The van der Waals surface area contributed by atoms with Crippen molar-refractivity contribution < 1.29 is 0 Å². The van der Waals surface area contributed by atoms with E-state index in [1.54, 1.807) is 4.57 Å². The Balaban J connectivity index is 2.32. The van der Waals surface area contributed by atoms with E-state index in [2.05, 4.69) is 9.88 Å². The van der Waals surface area contributed by atoms with Gasteiger partial charge in [-0.2, -0.15) is 0 Å². The predicted octanol–water partition coefficient (Wildman–Crippen LogP) is 1.33. The van der Waals surface area contributed by atoms with Crippen molar-refractivity contribution in [1.29, 1.82) is 0 Å². The van der Waals surface area contributed by atoms with E-state index in [0.717, 1.165) is 23.2 Å². The fourth-order valence-corrected chi connectivity index (χ4v) is 3.15. The van der Waals surface area contributed by atoms with Crippen LogP contribution in [0, 0.1) is 0 Å². The Morgan fingerprint density at radius 1 is 1.00 bits per heavy atom. The Morgan fingerprint density at radius 3 is 2.24 bits per heavy atom. The minimum atomic E-state index is -0.363. The summed E-state index contributed by atoms with van der Waals surface area (Å²) in [4.78, 5) is 31.9. The molecule has 25 heavy (non-hydrogen) atoms. The quantitative estimate of drug-likeness (QED) is 0.702. The number of nitrogens with zero attached hydrogens (tertiary/aromatic N) is 5.